The van der Waals surface area contributed by atoms with Gasteiger partial charge in [0.15, 0.2) is 0 Å². The van der Waals surface area contributed by atoms with Crippen molar-refractivity contribution >= 4 is 17.2 Å². The van der Waals surface area contributed by atoms with Gasteiger partial charge in [0.1, 0.15) is 5.92 Å². The van der Waals surface area contributed by atoms with Gasteiger partial charge in [-0.05, 0) is 29.3 Å². The Morgan fingerprint density at radius 1 is 1.85 bits per heavy atom. The summed E-state index contributed by atoms with van der Waals surface area (Å²) in [5.74, 6) is -0.785. The van der Waals surface area contributed by atoms with Crippen LogP contribution >= 0.6 is 11.3 Å². The Balaban J connectivity index is 2.36. The number of rotatable bonds is 3. The van der Waals surface area contributed by atoms with Crippen molar-refractivity contribution in [2.45, 2.75) is 13.5 Å². The molecule has 0 aliphatic rings. The zero-order valence-corrected chi connectivity index (χ0v) is 8.10. The molecular weight excluding hydrogens is 184 g/mol. The molecule has 4 heteroatoms. The van der Waals surface area contributed by atoms with Crippen LogP contribution in [-0.2, 0) is 11.3 Å². The lowest BCUT2D eigenvalue weighted by Gasteiger charge is -2.03. The van der Waals surface area contributed by atoms with Gasteiger partial charge in [-0.3, -0.25) is 4.79 Å². The number of carbonyl (C=O) groups is 1. The number of nitrogens with zero attached hydrogens (tertiary/aromatic N) is 1. The predicted octanol–water partition coefficient (Wildman–Crippen LogP) is 1.52. The number of nitrogens with one attached hydrogen (secondary N) is 1. The maximum atomic E-state index is 11.1. The van der Waals surface area contributed by atoms with Crippen LogP contribution < -0.4 is 5.32 Å². The minimum Gasteiger partial charge on any atom is -0.351 e. The fraction of sp³-hybridized carbons (Fsp3) is 0.333. The van der Waals surface area contributed by atoms with E-state index < -0.39 is 5.92 Å². The monoisotopic (exact) mass is 194 g/mol. The van der Waals surface area contributed by atoms with Crippen molar-refractivity contribution in [1.29, 1.82) is 5.26 Å². The highest BCUT2D eigenvalue weighted by atomic mass is 32.1. The van der Waals surface area contributed by atoms with Gasteiger partial charge in [-0.25, -0.2) is 0 Å². The zero-order valence-electron chi connectivity index (χ0n) is 7.28. The first-order valence-corrected chi connectivity index (χ1v) is 4.86. The molecule has 1 amide bonds. The summed E-state index contributed by atoms with van der Waals surface area (Å²) in [5.41, 5.74) is 1.07. The molecule has 13 heavy (non-hydrogen) atoms. The van der Waals surface area contributed by atoms with E-state index >= 15 is 0 Å². The lowest BCUT2D eigenvalue weighted by Crippen LogP contribution is -2.27. The van der Waals surface area contributed by atoms with Crippen molar-refractivity contribution in [1.82, 2.24) is 5.32 Å². The van der Waals surface area contributed by atoms with Crippen LogP contribution in [0.4, 0.5) is 0 Å². The number of thiophene rings is 1. The molecule has 1 aromatic heterocycles. The molecule has 0 radical (unpaired) electrons. The molecule has 0 aromatic carbocycles. The first kappa shape index (κ1) is 9.75. The summed E-state index contributed by atoms with van der Waals surface area (Å²) < 4.78 is 0. The van der Waals surface area contributed by atoms with Gasteiger partial charge in [-0.2, -0.15) is 16.6 Å². The van der Waals surface area contributed by atoms with Gasteiger partial charge >= 0.3 is 0 Å². The third-order valence-electron chi connectivity index (χ3n) is 1.63. The van der Waals surface area contributed by atoms with E-state index in [9.17, 15) is 4.79 Å². The van der Waals surface area contributed by atoms with Gasteiger partial charge in [0.25, 0.3) is 0 Å². The van der Waals surface area contributed by atoms with Gasteiger partial charge in [-0.15, -0.1) is 0 Å². The van der Waals surface area contributed by atoms with E-state index in [0.29, 0.717) is 6.54 Å². The molecule has 1 N–H and O–H groups in total. The molecule has 0 fully saturated rings. The summed E-state index contributed by atoms with van der Waals surface area (Å²) >= 11 is 1.59. The first-order valence-electron chi connectivity index (χ1n) is 3.92. The third kappa shape index (κ3) is 2.88. The van der Waals surface area contributed by atoms with Crippen molar-refractivity contribution in [3.8, 4) is 6.07 Å². The minimum atomic E-state index is -0.571. The van der Waals surface area contributed by atoms with Gasteiger partial charge in [0, 0.05) is 6.54 Å². The summed E-state index contributed by atoms with van der Waals surface area (Å²) in [6.07, 6.45) is 0. The Morgan fingerprint density at radius 2 is 2.62 bits per heavy atom. The Morgan fingerprint density at radius 3 is 3.15 bits per heavy atom. The number of amides is 1. The maximum Gasteiger partial charge on any atom is 0.237 e. The summed E-state index contributed by atoms with van der Waals surface area (Å²) in [6.45, 7) is 2.09. The van der Waals surface area contributed by atoms with Gasteiger partial charge < -0.3 is 5.32 Å². The molecular formula is C9H10N2OS. The molecule has 1 unspecified atom stereocenters. The molecule has 1 rings (SSSR count). The fourth-order valence-corrected chi connectivity index (χ4v) is 1.46. The van der Waals surface area contributed by atoms with Crippen LogP contribution in [-0.4, -0.2) is 5.91 Å². The number of hydrogen-bond donors (Lipinski definition) is 1. The summed E-state index contributed by atoms with van der Waals surface area (Å²) in [4.78, 5) is 11.1. The molecule has 0 bridgehead atoms. The van der Waals surface area contributed by atoms with E-state index in [2.05, 4.69) is 5.32 Å². The van der Waals surface area contributed by atoms with E-state index in [1.54, 1.807) is 18.3 Å². The molecule has 68 valence electrons. The normalized spacial score (nSPS) is 11.7. The van der Waals surface area contributed by atoms with Crippen molar-refractivity contribution < 1.29 is 4.79 Å². The average molecular weight is 194 g/mol. The number of nitriles is 1. The second-order valence-electron chi connectivity index (χ2n) is 2.70. The van der Waals surface area contributed by atoms with E-state index in [-0.39, 0.29) is 5.91 Å². The van der Waals surface area contributed by atoms with Crippen molar-refractivity contribution in [2.24, 2.45) is 5.92 Å². The number of carbonyl (C=O) groups excluding carboxylic acids is 1. The third-order valence-corrected chi connectivity index (χ3v) is 2.37. The zero-order chi connectivity index (χ0) is 9.68. The Labute approximate surface area is 81.0 Å². The topological polar surface area (TPSA) is 52.9 Å². The van der Waals surface area contributed by atoms with E-state index in [1.807, 2.05) is 22.9 Å². The fourth-order valence-electron chi connectivity index (χ4n) is 0.794. The van der Waals surface area contributed by atoms with Gasteiger partial charge in [-0.1, -0.05) is 0 Å². The Bertz CT molecular complexity index is 313. The lowest BCUT2D eigenvalue weighted by molar-refractivity contribution is -0.123. The van der Waals surface area contributed by atoms with Crippen LogP contribution in [0.15, 0.2) is 16.8 Å². The first-order chi connectivity index (χ1) is 6.24. The Hall–Kier alpha value is -1.34. The van der Waals surface area contributed by atoms with E-state index in [4.69, 9.17) is 5.26 Å². The minimum absolute atomic E-state index is 0.214. The highest BCUT2D eigenvalue weighted by Gasteiger charge is 2.10. The van der Waals surface area contributed by atoms with Crippen LogP contribution in [0.5, 0.6) is 0 Å². The molecule has 0 saturated heterocycles. The lowest BCUT2D eigenvalue weighted by atomic mass is 10.2. The number of hydrogen-bond acceptors (Lipinski definition) is 3. The van der Waals surface area contributed by atoms with Crippen molar-refractivity contribution in [3.05, 3.63) is 22.4 Å². The second kappa shape index (κ2) is 4.63. The standard InChI is InChI=1S/C9H10N2OS/c1-7(4-10)9(12)11-5-8-2-3-13-6-8/h2-3,6-7H,5H2,1H3,(H,11,12). The van der Waals surface area contributed by atoms with Gasteiger partial charge in [0.05, 0.1) is 6.07 Å². The van der Waals surface area contributed by atoms with Crippen LogP contribution in [0.25, 0.3) is 0 Å². The molecule has 0 spiro atoms. The van der Waals surface area contributed by atoms with Gasteiger partial charge in [0.2, 0.25) is 5.91 Å². The highest BCUT2D eigenvalue weighted by Crippen LogP contribution is 2.05. The highest BCUT2D eigenvalue weighted by molar-refractivity contribution is 7.07. The molecule has 1 heterocycles. The average Bonchev–Trinajstić information content (AvgIpc) is 2.65. The molecule has 0 saturated carbocycles. The Kier molecular flexibility index (Phi) is 3.47. The maximum absolute atomic E-state index is 11.1. The molecule has 0 aliphatic carbocycles. The molecule has 1 aromatic rings. The van der Waals surface area contributed by atoms with Crippen LogP contribution in [0, 0.1) is 17.2 Å². The van der Waals surface area contributed by atoms with Crippen molar-refractivity contribution in [3.63, 3.8) is 0 Å². The van der Waals surface area contributed by atoms with E-state index in [1.165, 1.54) is 0 Å². The van der Waals surface area contributed by atoms with Crippen molar-refractivity contribution in [2.75, 3.05) is 0 Å². The van der Waals surface area contributed by atoms with Crippen LogP contribution in [0.1, 0.15) is 12.5 Å². The molecule has 0 aliphatic heterocycles. The molecule has 3 nitrogen and oxygen atoms in total. The van der Waals surface area contributed by atoms with Crippen LogP contribution in [0.3, 0.4) is 0 Å². The largest absolute Gasteiger partial charge is 0.351 e. The SMILES string of the molecule is CC(C#N)C(=O)NCc1ccsc1. The summed E-state index contributed by atoms with van der Waals surface area (Å²) in [6, 6.07) is 3.83. The smallest absolute Gasteiger partial charge is 0.237 e. The second-order valence-corrected chi connectivity index (χ2v) is 3.48. The predicted molar refractivity (Wildman–Crippen MR) is 50.9 cm³/mol. The van der Waals surface area contributed by atoms with Crippen LogP contribution in [0.2, 0.25) is 0 Å². The quantitative estimate of drug-likeness (QED) is 0.793. The summed E-state index contributed by atoms with van der Waals surface area (Å²) in [5, 5.41) is 15.1. The molecule has 1 atom stereocenters. The van der Waals surface area contributed by atoms with E-state index in [0.717, 1.165) is 5.56 Å². The summed E-state index contributed by atoms with van der Waals surface area (Å²) in [7, 11) is 0.